The lowest BCUT2D eigenvalue weighted by Crippen LogP contribution is -2.05. The number of anilines is 1. The van der Waals surface area contributed by atoms with E-state index < -0.39 is 11.8 Å². The Morgan fingerprint density at radius 2 is 2.05 bits per heavy atom. The topological polar surface area (TPSA) is 72.6 Å². The van der Waals surface area contributed by atoms with E-state index in [1.807, 2.05) is 0 Å². The zero-order valence-corrected chi connectivity index (χ0v) is 11.9. The minimum absolute atomic E-state index is 0.0189. The number of hydrogen-bond acceptors (Lipinski definition) is 3. The molecule has 0 radical (unpaired) electrons. The fourth-order valence-electron chi connectivity index (χ4n) is 1.64. The zero-order valence-electron chi connectivity index (χ0n) is 10.3. The van der Waals surface area contributed by atoms with Gasteiger partial charge in [0.1, 0.15) is 23.7 Å². The number of benzene rings is 2. The Morgan fingerprint density at radius 1 is 1.30 bits per heavy atom. The highest BCUT2D eigenvalue weighted by molar-refractivity contribution is 9.10. The van der Waals surface area contributed by atoms with E-state index in [9.17, 15) is 9.18 Å². The van der Waals surface area contributed by atoms with Crippen molar-refractivity contribution in [3.8, 4) is 5.75 Å². The molecule has 0 bridgehead atoms. The van der Waals surface area contributed by atoms with Crippen LogP contribution < -0.4 is 10.5 Å². The summed E-state index contributed by atoms with van der Waals surface area (Å²) in [7, 11) is 0. The maximum atomic E-state index is 13.6. The molecular formula is C14H11BrFNO3. The van der Waals surface area contributed by atoms with Gasteiger partial charge in [-0.1, -0.05) is 15.9 Å². The third kappa shape index (κ3) is 3.27. The van der Waals surface area contributed by atoms with E-state index in [1.165, 1.54) is 24.3 Å². The van der Waals surface area contributed by atoms with Gasteiger partial charge in [0.2, 0.25) is 0 Å². The van der Waals surface area contributed by atoms with Crippen LogP contribution in [-0.2, 0) is 6.61 Å². The van der Waals surface area contributed by atoms with Gasteiger partial charge < -0.3 is 15.6 Å². The van der Waals surface area contributed by atoms with Crippen molar-refractivity contribution >= 4 is 27.6 Å². The second kappa shape index (κ2) is 5.92. The molecule has 0 aliphatic heterocycles. The Bertz CT molecular complexity index is 661. The summed E-state index contributed by atoms with van der Waals surface area (Å²) in [6, 6.07) is 8.67. The van der Waals surface area contributed by atoms with Gasteiger partial charge in [-0.3, -0.25) is 0 Å². The first-order chi connectivity index (χ1) is 9.47. The lowest BCUT2D eigenvalue weighted by atomic mass is 10.2. The molecular weight excluding hydrogens is 329 g/mol. The standard InChI is InChI=1S/C14H11BrFNO3/c15-9-1-4-12(16)8(5-9)7-20-13-6-10(17)2-3-11(13)14(18)19/h1-6H,7,17H2,(H,18,19). The number of hydrogen-bond donors (Lipinski definition) is 2. The summed E-state index contributed by atoms with van der Waals surface area (Å²) >= 11 is 3.24. The maximum Gasteiger partial charge on any atom is 0.339 e. The Labute approximate surface area is 123 Å². The van der Waals surface area contributed by atoms with E-state index in [1.54, 1.807) is 12.1 Å². The molecule has 0 spiro atoms. The first-order valence-corrected chi connectivity index (χ1v) is 6.46. The number of ether oxygens (including phenoxy) is 1. The number of carboxylic acid groups (broad SMARTS) is 1. The molecule has 6 heteroatoms. The van der Waals surface area contributed by atoms with Gasteiger partial charge in [-0.05, 0) is 30.3 Å². The molecule has 0 amide bonds. The molecule has 3 N–H and O–H groups in total. The van der Waals surface area contributed by atoms with Gasteiger partial charge in [0, 0.05) is 21.8 Å². The van der Waals surface area contributed by atoms with Gasteiger partial charge in [-0.25, -0.2) is 9.18 Å². The summed E-state index contributed by atoms with van der Waals surface area (Å²) in [5.74, 6) is -1.44. The number of nitrogens with two attached hydrogens (primary N) is 1. The third-order valence-electron chi connectivity index (χ3n) is 2.63. The molecule has 2 rings (SSSR count). The zero-order chi connectivity index (χ0) is 14.7. The van der Waals surface area contributed by atoms with Crippen molar-refractivity contribution in [2.45, 2.75) is 6.61 Å². The quantitative estimate of drug-likeness (QED) is 0.837. The second-order valence-electron chi connectivity index (χ2n) is 4.09. The van der Waals surface area contributed by atoms with E-state index in [-0.39, 0.29) is 17.9 Å². The SMILES string of the molecule is Nc1ccc(C(=O)O)c(OCc2cc(Br)ccc2F)c1. The van der Waals surface area contributed by atoms with Gasteiger partial charge in [0.25, 0.3) is 0 Å². The Morgan fingerprint density at radius 3 is 2.75 bits per heavy atom. The Balaban J connectivity index is 2.24. The summed E-state index contributed by atoms with van der Waals surface area (Å²) in [4.78, 5) is 11.1. The van der Waals surface area contributed by atoms with Crippen molar-refractivity contribution < 1.29 is 19.0 Å². The van der Waals surface area contributed by atoms with Crippen LogP contribution >= 0.6 is 15.9 Å². The highest BCUT2D eigenvalue weighted by atomic mass is 79.9. The molecule has 2 aromatic carbocycles. The summed E-state index contributed by atoms with van der Waals surface area (Å²) < 4.78 is 19.7. The van der Waals surface area contributed by atoms with Crippen LogP contribution in [0.25, 0.3) is 0 Å². The third-order valence-corrected chi connectivity index (χ3v) is 3.12. The average molecular weight is 340 g/mol. The van der Waals surface area contributed by atoms with E-state index in [0.717, 1.165) is 0 Å². The summed E-state index contributed by atoms with van der Waals surface area (Å²) in [5.41, 5.74) is 6.27. The van der Waals surface area contributed by atoms with Crippen LogP contribution in [0.4, 0.5) is 10.1 Å². The van der Waals surface area contributed by atoms with Gasteiger partial charge in [0.05, 0.1) is 0 Å². The normalized spacial score (nSPS) is 10.3. The van der Waals surface area contributed by atoms with Crippen molar-refractivity contribution in [2.24, 2.45) is 0 Å². The number of carbonyl (C=O) groups is 1. The minimum Gasteiger partial charge on any atom is -0.488 e. The van der Waals surface area contributed by atoms with Crippen LogP contribution in [0.2, 0.25) is 0 Å². The molecule has 0 heterocycles. The number of rotatable bonds is 4. The molecule has 0 unspecified atom stereocenters. The lowest BCUT2D eigenvalue weighted by molar-refractivity contribution is 0.0692. The van der Waals surface area contributed by atoms with Crippen molar-refractivity contribution in [1.29, 1.82) is 0 Å². The first kappa shape index (κ1) is 14.3. The first-order valence-electron chi connectivity index (χ1n) is 5.67. The molecule has 0 aliphatic carbocycles. The molecule has 0 saturated carbocycles. The van der Waals surface area contributed by atoms with Crippen LogP contribution in [0.1, 0.15) is 15.9 Å². The highest BCUT2D eigenvalue weighted by Gasteiger charge is 2.12. The van der Waals surface area contributed by atoms with E-state index >= 15 is 0 Å². The monoisotopic (exact) mass is 339 g/mol. The van der Waals surface area contributed by atoms with Gasteiger partial charge >= 0.3 is 5.97 Å². The molecule has 4 nitrogen and oxygen atoms in total. The fraction of sp³-hybridized carbons (Fsp3) is 0.0714. The number of carboxylic acids is 1. The lowest BCUT2D eigenvalue weighted by Gasteiger charge is -2.10. The average Bonchev–Trinajstić information content (AvgIpc) is 2.39. The van der Waals surface area contributed by atoms with Crippen molar-refractivity contribution in [3.05, 3.63) is 57.8 Å². The molecule has 0 aliphatic rings. The molecule has 20 heavy (non-hydrogen) atoms. The van der Waals surface area contributed by atoms with Crippen molar-refractivity contribution in [3.63, 3.8) is 0 Å². The van der Waals surface area contributed by atoms with E-state index in [2.05, 4.69) is 15.9 Å². The molecule has 0 aromatic heterocycles. The van der Waals surface area contributed by atoms with Gasteiger partial charge in [0.15, 0.2) is 0 Å². The minimum atomic E-state index is -1.13. The van der Waals surface area contributed by atoms with Gasteiger partial charge in [-0.15, -0.1) is 0 Å². The number of aromatic carboxylic acids is 1. The smallest absolute Gasteiger partial charge is 0.339 e. The Kier molecular flexibility index (Phi) is 4.24. The predicted octanol–water partition coefficient (Wildman–Crippen LogP) is 3.45. The molecule has 0 atom stereocenters. The molecule has 104 valence electrons. The van der Waals surface area contributed by atoms with E-state index in [0.29, 0.717) is 15.7 Å². The maximum absolute atomic E-state index is 13.6. The van der Waals surface area contributed by atoms with Crippen LogP contribution in [0.3, 0.4) is 0 Å². The van der Waals surface area contributed by atoms with E-state index in [4.69, 9.17) is 15.6 Å². The molecule has 0 fully saturated rings. The highest BCUT2D eigenvalue weighted by Crippen LogP contribution is 2.24. The van der Waals surface area contributed by atoms with Crippen LogP contribution in [-0.4, -0.2) is 11.1 Å². The molecule has 0 saturated heterocycles. The summed E-state index contributed by atoms with van der Waals surface area (Å²) in [6.07, 6.45) is 0. The fourth-order valence-corrected chi connectivity index (χ4v) is 2.05. The Hall–Kier alpha value is -2.08. The van der Waals surface area contributed by atoms with Crippen LogP contribution in [0.5, 0.6) is 5.75 Å². The number of halogens is 2. The van der Waals surface area contributed by atoms with Crippen LogP contribution in [0.15, 0.2) is 40.9 Å². The second-order valence-corrected chi connectivity index (χ2v) is 5.00. The molecule has 2 aromatic rings. The number of nitrogen functional groups attached to an aromatic ring is 1. The van der Waals surface area contributed by atoms with Crippen molar-refractivity contribution in [2.75, 3.05) is 5.73 Å². The van der Waals surface area contributed by atoms with Gasteiger partial charge in [-0.2, -0.15) is 0 Å². The largest absolute Gasteiger partial charge is 0.488 e. The van der Waals surface area contributed by atoms with Crippen molar-refractivity contribution in [1.82, 2.24) is 0 Å². The summed E-state index contributed by atoms with van der Waals surface area (Å²) in [5, 5.41) is 9.05. The predicted molar refractivity (Wildman–Crippen MR) is 76.2 cm³/mol. The van der Waals surface area contributed by atoms with Crippen LogP contribution in [0, 0.1) is 5.82 Å². The summed E-state index contributed by atoms with van der Waals surface area (Å²) in [6.45, 7) is -0.0883.